The average Bonchev–Trinajstić information content (AvgIpc) is 2.55. The summed E-state index contributed by atoms with van der Waals surface area (Å²) in [6, 6.07) is 7.27. The third-order valence-electron chi connectivity index (χ3n) is 4.46. The van der Waals surface area contributed by atoms with E-state index in [2.05, 4.69) is 20.8 Å². The molecule has 1 fully saturated rings. The van der Waals surface area contributed by atoms with Gasteiger partial charge in [0.2, 0.25) is 10.0 Å². The van der Waals surface area contributed by atoms with Crippen molar-refractivity contribution >= 4 is 22.4 Å². The number of sulfonamides is 1. The van der Waals surface area contributed by atoms with E-state index in [0.29, 0.717) is 31.1 Å². The van der Waals surface area contributed by atoms with Crippen LogP contribution in [0.5, 0.6) is 0 Å². The first-order valence-electron chi connectivity index (χ1n) is 8.67. The average molecular weight is 391 g/mol. The van der Waals surface area contributed by atoms with Crippen molar-refractivity contribution in [2.45, 2.75) is 56.4 Å². The maximum atomic E-state index is 12.8. The molecule has 0 bridgehead atoms. The Kier molecular flexibility index (Phi) is 8.35. The van der Waals surface area contributed by atoms with Crippen molar-refractivity contribution in [1.82, 2.24) is 4.31 Å². The van der Waals surface area contributed by atoms with Gasteiger partial charge in [-0.1, -0.05) is 32.9 Å². The second kappa shape index (κ2) is 9.33. The molecule has 144 valence electrons. The summed E-state index contributed by atoms with van der Waals surface area (Å²) in [5.74, 6) is 0. The molecular weight excluding hydrogens is 360 g/mol. The summed E-state index contributed by atoms with van der Waals surface area (Å²) in [6.07, 6.45) is 2.47. The summed E-state index contributed by atoms with van der Waals surface area (Å²) in [5.41, 5.74) is 6.61. The number of benzene rings is 1. The highest BCUT2D eigenvalue weighted by Crippen LogP contribution is 2.26. The van der Waals surface area contributed by atoms with Crippen LogP contribution in [0, 0.1) is 0 Å². The van der Waals surface area contributed by atoms with Crippen LogP contribution in [-0.4, -0.2) is 45.1 Å². The number of hydrogen-bond donors (Lipinski definition) is 1. The minimum atomic E-state index is -3.42. The lowest BCUT2D eigenvalue weighted by molar-refractivity contribution is 0.0209. The van der Waals surface area contributed by atoms with Gasteiger partial charge >= 0.3 is 0 Å². The van der Waals surface area contributed by atoms with E-state index in [4.69, 9.17) is 10.5 Å². The molecule has 0 unspecified atom stereocenters. The number of nitrogens with two attached hydrogens (primary N) is 1. The van der Waals surface area contributed by atoms with E-state index in [1.54, 1.807) is 16.4 Å². The Bertz CT molecular complexity index is 619. The fourth-order valence-electron chi connectivity index (χ4n) is 2.85. The van der Waals surface area contributed by atoms with Gasteiger partial charge in [-0.15, -0.1) is 12.4 Å². The fraction of sp³-hybridized carbons (Fsp3) is 0.667. The monoisotopic (exact) mass is 390 g/mol. The van der Waals surface area contributed by atoms with Gasteiger partial charge in [0.05, 0.1) is 11.0 Å². The van der Waals surface area contributed by atoms with Crippen LogP contribution in [-0.2, 0) is 20.2 Å². The van der Waals surface area contributed by atoms with E-state index in [1.165, 1.54) is 0 Å². The standard InChI is InChI=1S/C18H30N2O3S.ClH/c1-18(2,3)15-5-7-17(8-6-15)24(21,22)20-12-9-16(10-13-20)23-14-4-11-19;/h5-8,16H,4,9-14,19H2,1-3H3;1H. The van der Waals surface area contributed by atoms with E-state index in [9.17, 15) is 8.42 Å². The summed E-state index contributed by atoms with van der Waals surface area (Å²) in [5, 5.41) is 0. The van der Waals surface area contributed by atoms with E-state index in [-0.39, 0.29) is 23.9 Å². The molecule has 2 N–H and O–H groups in total. The van der Waals surface area contributed by atoms with Crippen molar-refractivity contribution < 1.29 is 13.2 Å². The molecule has 25 heavy (non-hydrogen) atoms. The van der Waals surface area contributed by atoms with Crippen molar-refractivity contribution in [2.75, 3.05) is 26.2 Å². The Morgan fingerprint density at radius 3 is 2.20 bits per heavy atom. The molecular formula is C18H31ClN2O3S. The molecule has 2 rings (SSSR count). The minimum Gasteiger partial charge on any atom is -0.378 e. The number of piperidine rings is 1. The number of ether oxygens (including phenoxy) is 1. The third-order valence-corrected chi connectivity index (χ3v) is 6.37. The van der Waals surface area contributed by atoms with Crippen LogP contribution in [0.15, 0.2) is 29.2 Å². The molecule has 1 heterocycles. The van der Waals surface area contributed by atoms with Crippen molar-refractivity contribution in [3.05, 3.63) is 29.8 Å². The first-order chi connectivity index (χ1) is 11.2. The summed E-state index contributed by atoms with van der Waals surface area (Å²) in [4.78, 5) is 0.373. The number of nitrogens with zero attached hydrogens (tertiary/aromatic N) is 1. The topological polar surface area (TPSA) is 72.6 Å². The summed E-state index contributed by atoms with van der Waals surface area (Å²) < 4.78 is 32.9. The van der Waals surface area contributed by atoms with Crippen molar-refractivity contribution in [3.63, 3.8) is 0 Å². The Labute approximate surface area is 158 Å². The molecule has 0 atom stereocenters. The van der Waals surface area contributed by atoms with Gasteiger partial charge in [0.15, 0.2) is 0 Å². The second-order valence-corrected chi connectivity index (χ2v) is 9.33. The third kappa shape index (κ3) is 5.93. The maximum absolute atomic E-state index is 12.8. The lowest BCUT2D eigenvalue weighted by Gasteiger charge is -2.31. The smallest absolute Gasteiger partial charge is 0.243 e. The highest BCUT2D eigenvalue weighted by atomic mass is 35.5. The van der Waals surface area contributed by atoms with Crippen LogP contribution in [0.25, 0.3) is 0 Å². The molecule has 0 saturated carbocycles. The molecule has 0 spiro atoms. The Balaban J connectivity index is 0.00000312. The molecule has 1 saturated heterocycles. The van der Waals surface area contributed by atoms with Crippen LogP contribution in [0.4, 0.5) is 0 Å². The number of halogens is 1. The van der Waals surface area contributed by atoms with Gasteiger partial charge in [-0.2, -0.15) is 4.31 Å². The Hall–Kier alpha value is -0.660. The number of rotatable bonds is 6. The van der Waals surface area contributed by atoms with Crippen LogP contribution in [0.1, 0.15) is 45.6 Å². The number of hydrogen-bond acceptors (Lipinski definition) is 4. The zero-order chi connectivity index (χ0) is 17.8. The van der Waals surface area contributed by atoms with Gasteiger partial charge in [-0.05, 0) is 48.9 Å². The van der Waals surface area contributed by atoms with Gasteiger partial charge in [0.25, 0.3) is 0 Å². The first kappa shape index (κ1) is 22.4. The van der Waals surface area contributed by atoms with E-state index < -0.39 is 10.0 Å². The minimum absolute atomic E-state index is 0. The molecule has 1 aliphatic heterocycles. The molecule has 5 nitrogen and oxygen atoms in total. The summed E-state index contributed by atoms with van der Waals surface area (Å²) in [7, 11) is -3.42. The van der Waals surface area contributed by atoms with E-state index in [1.807, 2.05) is 12.1 Å². The lowest BCUT2D eigenvalue weighted by Crippen LogP contribution is -2.41. The molecule has 1 aromatic rings. The van der Waals surface area contributed by atoms with Crippen molar-refractivity contribution in [2.24, 2.45) is 5.73 Å². The molecule has 0 aliphatic carbocycles. The van der Waals surface area contributed by atoms with E-state index >= 15 is 0 Å². The van der Waals surface area contributed by atoms with Gasteiger partial charge in [0.1, 0.15) is 0 Å². The first-order valence-corrected chi connectivity index (χ1v) is 10.1. The summed E-state index contributed by atoms with van der Waals surface area (Å²) >= 11 is 0. The Morgan fingerprint density at radius 2 is 1.72 bits per heavy atom. The van der Waals surface area contributed by atoms with Gasteiger partial charge < -0.3 is 10.5 Å². The highest BCUT2D eigenvalue weighted by molar-refractivity contribution is 7.89. The second-order valence-electron chi connectivity index (χ2n) is 7.39. The maximum Gasteiger partial charge on any atom is 0.243 e. The normalized spacial score (nSPS) is 17.3. The quantitative estimate of drug-likeness (QED) is 0.758. The van der Waals surface area contributed by atoms with Crippen LogP contribution < -0.4 is 5.73 Å². The Morgan fingerprint density at radius 1 is 1.16 bits per heavy atom. The zero-order valence-electron chi connectivity index (χ0n) is 15.4. The van der Waals surface area contributed by atoms with Gasteiger partial charge in [0, 0.05) is 19.7 Å². The van der Waals surface area contributed by atoms with Crippen LogP contribution in [0.2, 0.25) is 0 Å². The lowest BCUT2D eigenvalue weighted by atomic mass is 9.87. The predicted molar refractivity (Wildman–Crippen MR) is 104 cm³/mol. The van der Waals surface area contributed by atoms with Gasteiger partial charge in [-0.3, -0.25) is 0 Å². The molecule has 0 amide bonds. The van der Waals surface area contributed by atoms with Gasteiger partial charge in [-0.25, -0.2) is 8.42 Å². The fourth-order valence-corrected chi connectivity index (χ4v) is 4.32. The van der Waals surface area contributed by atoms with E-state index in [0.717, 1.165) is 24.8 Å². The molecule has 1 aromatic carbocycles. The molecule has 0 radical (unpaired) electrons. The van der Waals surface area contributed by atoms with Crippen LogP contribution >= 0.6 is 12.4 Å². The predicted octanol–water partition coefficient (Wildman–Crippen LogP) is 2.92. The summed E-state index contributed by atoms with van der Waals surface area (Å²) in [6.45, 7) is 8.65. The highest BCUT2D eigenvalue weighted by Gasteiger charge is 2.29. The molecule has 0 aromatic heterocycles. The van der Waals surface area contributed by atoms with Crippen LogP contribution in [0.3, 0.4) is 0 Å². The largest absolute Gasteiger partial charge is 0.378 e. The van der Waals surface area contributed by atoms with Crippen molar-refractivity contribution in [3.8, 4) is 0 Å². The zero-order valence-corrected chi connectivity index (χ0v) is 17.0. The molecule has 1 aliphatic rings. The van der Waals surface area contributed by atoms with Crippen molar-refractivity contribution in [1.29, 1.82) is 0 Å². The molecule has 7 heteroatoms. The SMILES string of the molecule is CC(C)(C)c1ccc(S(=O)(=O)N2CCC(OCCCN)CC2)cc1.Cl.